The zero-order valence-electron chi connectivity index (χ0n) is 9.75. The number of likely N-dealkylation sites (N-methyl/N-ethyl adjacent to an activating group) is 2. The minimum Gasteiger partial charge on any atom is -0.358 e. The van der Waals surface area contributed by atoms with Gasteiger partial charge in [-0.3, -0.25) is 9.59 Å². The number of hydrogen-bond donors (Lipinski definition) is 2. The predicted octanol–water partition coefficient (Wildman–Crippen LogP) is -0.434. The van der Waals surface area contributed by atoms with Crippen molar-refractivity contribution in [2.75, 3.05) is 27.2 Å². The van der Waals surface area contributed by atoms with E-state index in [1.165, 1.54) is 4.90 Å². The third-order valence-corrected chi connectivity index (χ3v) is 2.34. The number of nitrogens with one attached hydrogen (secondary N) is 1. The molecule has 5 nitrogen and oxygen atoms in total. The van der Waals surface area contributed by atoms with Crippen molar-refractivity contribution in [1.82, 2.24) is 10.2 Å². The molecule has 2 amide bonds. The van der Waals surface area contributed by atoms with Crippen molar-refractivity contribution in [3.8, 4) is 0 Å². The first-order chi connectivity index (χ1) is 7.01. The molecule has 0 aliphatic carbocycles. The van der Waals surface area contributed by atoms with Crippen LogP contribution >= 0.6 is 0 Å². The summed E-state index contributed by atoms with van der Waals surface area (Å²) < 4.78 is 0. The van der Waals surface area contributed by atoms with Crippen molar-refractivity contribution in [3.05, 3.63) is 0 Å². The van der Waals surface area contributed by atoms with Crippen molar-refractivity contribution in [2.24, 2.45) is 11.7 Å². The summed E-state index contributed by atoms with van der Waals surface area (Å²) in [5.74, 6) is 0.180. The van der Waals surface area contributed by atoms with Gasteiger partial charge in [0, 0.05) is 20.5 Å². The van der Waals surface area contributed by atoms with E-state index in [1.54, 1.807) is 14.1 Å². The van der Waals surface area contributed by atoms with Gasteiger partial charge in [-0.25, -0.2) is 0 Å². The van der Waals surface area contributed by atoms with Gasteiger partial charge in [0.1, 0.15) is 0 Å². The lowest BCUT2D eigenvalue weighted by molar-refractivity contribution is -0.134. The minimum atomic E-state index is -0.155. The summed E-state index contributed by atoms with van der Waals surface area (Å²) in [5.41, 5.74) is 5.45. The second kappa shape index (κ2) is 7.23. The van der Waals surface area contributed by atoms with Gasteiger partial charge in [-0.1, -0.05) is 6.92 Å². The van der Waals surface area contributed by atoms with Crippen LogP contribution in [-0.4, -0.2) is 43.9 Å². The summed E-state index contributed by atoms with van der Waals surface area (Å²) in [6.07, 6.45) is 1.22. The highest BCUT2D eigenvalue weighted by atomic mass is 16.2. The Kier molecular flexibility index (Phi) is 6.70. The van der Waals surface area contributed by atoms with E-state index in [1.807, 2.05) is 6.92 Å². The van der Waals surface area contributed by atoms with Crippen molar-refractivity contribution < 1.29 is 9.59 Å². The molecule has 15 heavy (non-hydrogen) atoms. The number of carbonyl (C=O) groups excluding carboxylic acids is 2. The lowest BCUT2D eigenvalue weighted by atomic mass is 10.1. The average molecular weight is 215 g/mol. The Morgan fingerprint density at radius 1 is 1.47 bits per heavy atom. The molecule has 1 unspecified atom stereocenters. The highest BCUT2D eigenvalue weighted by Crippen LogP contribution is 2.04. The topological polar surface area (TPSA) is 75.4 Å². The molecule has 0 aromatic rings. The van der Waals surface area contributed by atoms with Gasteiger partial charge in [0.15, 0.2) is 0 Å². The highest BCUT2D eigenvalue weighted by Gasteiger charge is 2.12. The Balaban J connectivity index is 3.84. The fraction of sp³-hybridized carbons (Fsp3) is 0.800. The largest absolute Gasteiger partial charge is 0.358 e. The van der Waals surface area contributed by atoms with E-state index >= 15 is 0 Å². The Hall–Kier alpha value is -1.10. The SMILES string of the molecule is CNC(=O)CN(C)C(=O)CCC(C)CN. The van der Waals surface area contributed by atoms with Gasteiger partial charge in [-0.2, -0.15) is 0 Å². The van der Waals surface area contributed by atoms with E-state index in [0.717, 1.165) is 6.42 Å². The van der Waals surface area contributed by atoms with Gasteiger partial charge in [-0.15, -0.1) is 0 Å². The van der Waals surface area contributed by atoms with Crippen LogP contribution in [0.2, 0.25) is 0 Å². The highest BCUT2D eigenvalue weighted by molar-refractivity contribution is 5.84. The second-order valence-electron chi connectivity index (χ2n) is 3.80. The molecule has 0 fully saturated rings. The van der Waals surface area contributed by atoms with Crippen LogP contribution in [0.4, 0.5) is 0 Å². The molecule has 0 radical (unpaired) electrons. The minimum absolute atomic E-state index is 0.0149. The molecule has 88 valence electrons. The van der Waals surface area contributed by atoms with Gasteiger partial charge in [0.05, 0.1) is 6.54 Å². The molecule has 0 aliphatic heterocycles. The summed E-state index contributed by atoms with van der Waals surface area (Å²) in [5, 5.41) is 2.47. The number of nitrogens with zero attached hydrogens (tertiary/aromatic N) is 1. The monoisotopic (exact) mass is 215 g/mol. The third kappa shape index (κ3) is 6.06. The molecule has 0 aliphatic rings. The lowest BCUT2D eigenvalue weighted by Gasteiger charge is -2.17. The predicted molar refractivity (Wildman–Crippen MR) is 59.2 cm³/mol. The van der Waals surface area contributed by atoms with Crippen LogP contribution in [0.15, 0.2) is 0 Å². The summed E-state index contributed by atoms with van der Waals surface area (Å²) in [6, 6.07) is 0. The Bertz CT molecular complexity index is 219. The van der Waals surface area contributed by atoms with Gasteiger partial charge >= 0.3 is 0 Å². The van der Waals surface area contributed by atoms with E-state index in [9.17, 15) is 9.59 Å². The van der Waals surface area contributed by atoms with Gasteiger partial charge in [0.25, 0.3) is 0 Å². The first-order valence-electron chi connectivity index (χ1n) is 5.15. The Morgan fingerprint density at radius 2 is 2.07 bits per heavy atom. The molecular weight excluding hydrogens is 194 g/mol. The molecule has 0 saturated heterocycles. The number of hydrogen-bond acceptors (Lipinski definition) is 3. The quantitative estimate of drug-likeness (QED) is 0.631. The van der Waals surface area contributed by atoms with Crippen LogP contribution in [-0.2, 0) is 9.59 Å². The van der Waals surface area contributed by atoms with Crippen LogP contribution in [0.1, 0.15) is 19.8 Å². The summed E-state index contributed by atoms with van der Waals surface area (Å²) >= 11 is 0. The fourth-order valence-electron chi connectivity index (χ4n) is 1.06. The van der Waals surface area contributed by atoms with Crippen LogP contribution < -0.4 is 11.1 Å². The molecule has 0 bridgehead atoms. The van der Waals surface area contributed by atoms with Crippen LogP contribution in [0.3, 0.4) is 0 Å². The van der Waals surface area contributed by atoms with Crippen molar-refractivity contribution >= 4 is 11.8 Å². The smallest absolute Gasteiger partial charge is 0.239 e. The summed E-state index contributed by atoms with van der Waals surface area (Å²) in [6.45, 7) is 2.71. The number of nitrogens with two attached hydrogens (primary N) is 1. The van der Waals surface area contributed by atoms with E-state index < -0.39 is 0 Å². The first-order valence-corrected chi connectivity index (χ1v) is 5.15. The van der Waals surface area contributed by atoms with Crippen molar-refractivity contribution in [3.63, 3.8) is 0 Å². The Labute approximate surface area is 91.0 Å². The van der Waals surface area contributed by atoms with E-state index in [2.05, 4.69) is 5.32 Å². The zero-order valence-corrected chi connectivity index (χ0v) is 9.75. The molecule has 3 N–H and O–H groups in total. The maximum absolute atomic E-state index is 11.5. The van der Waals surface area contributed by atoms with Gasteiger partial charge in [-0.05, 0) is 18.9 Å². The molecule has 0 rings (SSSR count). The number of carbonyl (C=O) groups is 2. The lowest BCUT2D eigenvalue weighted by Crippen LogP contribution is -2.37. The van der Waals surface area contributed by atoms with E-state index in [4.69, 9.17) is 5.73 Å². The average Bonchev–Trinajstić information content (AvgIpc) is 2.24. The van der Waals surface area contributed by atoms with Crippen molar-refractivity contribution in [1.29, 1.82) is 0 Å². The fourth-order valence-corrected chi connectivity index (χ4v) is 1.06. The van der Waals surface area contributed by atoms with Crippen LogP contribution in [0.25, 0.3) is 0 Å². The molecule has 0 spiro atoms. The zero-order chi connectivity index (χ0) is 11.8. The third-order valence-electron chi connectivity index (χ3n) is 2.34. The number of amides is 2. The summed E-state index contributed by atoms with van der Waals surface area (Å²) in [7, 11) is 3.18. The molecule has 1 atom stereocenters. The molecule has 0 aromatic carbocycles. The normalized spacial score (nSPS) is 12.0. The number of rotatable bonds is 6. The van der Waals surface area contributed by atoms with Gasteiger partial charge < -0.3 is 16.0 Å². The second-order valence-corrected chi connectivity index (χ2v) is 3.80. The molecule has 0 saturated carbocycles. The molecular formula is C10H21N3O2. The van der Waals surface area contributed by atoms with E-state index in [-0.39, 0.29) is 18.4 Å². The van der Waals surface area contributed by atoms with Gasteiger partial charge in [0.2, 0.25) is 11.8 Å². The maximum Gasteiger partial charge on any atom is 0.239 e. The Morgan fingerprint density at radius 3 is 2.53 bits per heavy atom. The van der Waals surface area contributed by atoms with Crippen molar-refractivity contribution in [2.45, 2.75) is 19.8 Å². The van der Waals surface area contributed by atoms with Crippen LogP contribution in [0, 0.1) is 5.92 Å². The first kappa shape index (κ1) is 13.9. The molecule has 0 aromatic heterocycles. The molecule has 0 heterocycles. The standard InChI is InChI=1S/C10H21N3O2/c1-8(6-11)4-5-10(15)13(3)7-9(14)12-2/h8H,4-7,11H2,1-3H3,(H,12,14). The van der Waals surface area contributed by atoms with Crippen LogP contribution in [0.5, 0.6) is 0 Å². The molecule has 5 heteroatoms. The van der Waals surface area contributed by atoms with E-state index in [0.29, 0.717) is 18.9 Å². The maximum atomic E-state index is 11.5. The summed E-state index contributed by atoms with van der Waals surface area (Å²) in [4.78, 5) is 23.9.